The molecule has 0 fully saturated rings. The van der Waals surface area contributed by atoms with E-state index in [2.05, 4.69) is 22.5 Å². The third kappa shape index (κ3) is 3.21. The Bertz CT molecular complexity index is 423. The monoisotopic (exact) mass is 305 g/mol. The molecule has 86 valence electrons. The summed E-state index contributed by atoms with van der Waals surface area (Å²) in [5.74, 6) is 0.455. The van der Waals surface area contributed by atoms with Crippen LogP contribution >= 0.6 is 27.5 Å². The van der Waals surface area contributed by atoms with Gasteiger partial charge in [0.05, 0.1) is 9.40 Å². The maximum atomic E-state index is 10.7. The molecule has 0 spiro atoms. The van der Waals surface area contributed by atoms with Crippen molar-refractivity contribution in [2.24, 2.45) is 0 Å². The highest BCUT2D eigenvalue weighted by atomic mass is 79.9. The first-order valence-electron chi connectivity index (χ1n) is 4.34. The van der Waals surface area contributed by atoms with Crippen molar-refractivity contribution in [1.82, 2.24) is 0 Å². The van der Waals surface area contributed by atoms with Crippen molar-refractivity contribution in [3.05, 3.63) is 44.9 Å². The van der Waals surface area contributed by atoms with E-state index in [9.17, 15) is 10.1 Å². The molecule has 0 aromatic heterocycles. The molecule has 0 N–H and O–H groups in total. The maximum absolute atomic E-state index is 10.7. The van der Waals surface area contributed by atoms with Gasteiger partial charge in [-0.25, -0.2) is 0 Å². The lowest BCUT2D eigenvalue weighted by molar-refractivity contribution is -0.385. The summed E-state index contributed by atoms with van der Waals surface area (Å²) in [5, 5.41) is 10.7. The highest BCUT2D eigenvalue weighted by molar-refractivity contribution is 9.10. The lowest BCUT2D eigenvalue weighted by Crippen LogP contribution is -2.04. The van der Waals surface area contributed by atoms with Gasteiger partial charge in [-0.3, -0.25) is 10.1 Å². The van der Waals surface area contributed by atoms with Crippen molar-refractivity contribution in [3.8, 4) is 5.75 Å². The Morgan fingerprint density at radius 1 is 1.62 bits per heavy atom. The van der Waals surface area contributed by atoms with E-state index in [0.29, 0.717) is 10.0 Å². The van der Waals surface area contributed by atoms with E-state index in [1.807, 2.05) is 0 Å². The fourth-order valence-electron chi connectivity index (χ4n) is 0.997. The number of alkyl halides is 1. The Hall–Kier alpha value is -1.07. The van der Waals surface area contributed by atoms with Crippen LogP contribution in [-0.2, 0) is 0 Å². The molecule has 0 bridgehead atoms. The van der Waals surface area contributed by atoms with E-state index in [0.717, 1.165) is 0 Å². The van der Waals surface area contributed by atoms with Crippen LogP contribution in [0.15, 0.2) is 34.8 Å². The van der Waals surface area contributed by atoms with Crippen LogP contribution in [0.1, 0.15) is 0 Å². The Morgan fingerprint density at radius 2 is 2.31 bits per heavy atom. The molecule has 0 radical (unpaired) electrons. The molecular weight excluding hydrogens is 297 g/mol. The van der Waals surface area contributed by atoms with Gasteiger partial charge in [-0.05, 0) is 27.6 Å². The van der Waals surface area contributed by atoms with Gasteiger partial charge in [-0.2, -0.15) is 0 Å². The van der Waals surface area contributed by atoms with E-state index < -0.39 is 4.92 Å². The lowest BCUT2D eigenvalue weighted by Gasteiger charge is -2.08. The van der Waals surface area contributed by atoms with Crippen LogP contribution in [0.4, 0.5) is 5.69 Å². The molecule has 4 nitrogen and oxygen atoms in total. The van der Waals surface area contributed by atoms with Gasteiger partial charge in [-0.1, -0.05) is 12.6 Å². The number of nitro benzene ring substituents is 1. The summed E-state index contributed by atoms with van der Waals surface area (Å²) < 4.78 is 5.84. The number of hydrogen-bond donors (Lipinski definition) is 0. The number of benzene rings is 1. The van der Waals surface area contributed by atoms with Gasteiger partial charge in [0.1, 0.15) is 6.61 Å². The number of halogens is 2. The van der Waals surface area contributed by atoms with Crippen molar-refractivity contribution in [3.63, 3.8) is 0 Å². The summed E-state index contributed by atoms with van der Waals surface area (Å²) in [6.45, 7) is 3.81. The predicted molar refractivity (Wildman–Crippen MR) is 66.2 cm³/mol. The molecule has 0 aliphatic rings. The van der Waals surface area contributed by atoms with Gasteiger partial charge in [0.15, 0.2) is 0 Å². The third-order valence-corrected chi connectivity index (χ3v) is 2.75. The molecule has 0 saturated heterocycles. The van der Waals surface area contributed by atoms with Crippen molar-refractivity contribution >= 4 is 33.2 Å². The van der Waals surface area contributed by atoms with Crippen LogP contribution < -0.4 is 4.74 Å². The molecule has 1 rings (SSSR count). The van der Waals surface area contributed by atoms with E-state index in [-0.39, 0.29) is 23.9 Å². The van der Waals surface area contributed by atoms with Crippen LogP contribution in [0.25, 0.3) is 0 Å². The highest BCUT2D eigenvalue weighted by Gasteiger charge is 2.17. The molecule has 0 unspecified atom stereocenters. The fourth-order valence-corrected chi connectivity index (χ4v) is 1.54. The number of nitrogens with zero attached hydrogens (tertiary/aromatic N) is 1. The van der Waals surface area contributed by atoms with E-state index in [1.54, 1.807) is 12.1 Å². The Kier molecular flexibility index (Phi) is 4.76. The summed E-state index contributed by atoms with van der Waals surface area (Å²) in [5.41, 5.74) is 0.573. The molecule has 0 heterocycles. The van der Waals surface area contributed by atoms with Crippen LogP contribution in [0.2, 0.25) is 0 Å². The normalized spacial score (nSPS) is 9.88. The second kappa shape index (κ2) is 5.86. The quantitative estimate of drug-likeness (QED) is 0.362. The topological polar surface area (TPSA) is 52.4 Å². The Labute approximate surface area is 106 Å². The highest BCUT2D eigenvalue weighted by Crippen LogP contribution is 2.34. The van der Waals surface area contributed by atoms with Gasteiger partial charge in [0.25, 0.3) is 0 Å². The van der Waals surface area contributed by atoms with Gasteiger partial charge in [0, 0.05) is 11.9 Å². The molecule has 0 aliphatic carbocycles. The summed E-state index contributed by atoms with van der Waals surface area (Å²) >= 11 is 8.73. The zero-order valence-electron chi connectivity index (χ0n) is 8.28. The molecule has 0 aliphatic heterocycles. The average Bonchev–Trinajstić information content (AvgIpc) is 2.26. The van der Waals surface area contributed by atoms with Crippen molar-refractivity contribution < 1.29 is 9.66 Å². The second-order valence-corrected chi connectivity index (χ2v) is 4.14. The molecule has 16 heavy (non-hydrogen) atoms. The third-order valence-electron chi connectivity index (χ3n) is 1.75. The van der Waals surface area contributed by atoms with E-state index in [1.165, 1.54) is 6.07 Å². The first-order valence-corrected chi connectivity index (χ1v) is 5.67. The molecule has 0 amide bonds. The van der Waals surface area contributed by atoms with Gasteiger partial charge >= 0.3 is 5.69 Å². The Morgan fingerprint density at radius 3 is 2.88 bits per heavy atom. The summed E-state index contributed by atoms with van der Waals surface area (Å²) in [6, 6.07) is 4.63. The molecular formula is C10H9BrClNO3. The van der Waals surface area contributed by atoms with Crippen molar-refractivity contribution in [2.45, 2.75) is 0 Å². The van der Waals surface area contributed by atoms with Crippen LogP contribution in [0.3, 0.4) is 0 Å². The molecule has 1 aromatic carbocycles. The summed E-state index contributed by atoms with van der Waals surface area (Å²) in [6.07, 6.45) is 0. The number of rotatable bonds is 5. The molecule has 1 aromatic rings. The van der Waals surface area contributed by atoms with Crippen LogP contribution in [-0.4, -0.2) is 17.4 Å². The van der Waals surface area contributed by atoms with E-state index >= 15 is 0 Å². The average molecular weight is 307 g/mol. The summed E-state index contributed by atoms with van der Waals surface area (Å²) in [7, 11) is 0. The molecule has 6 heteroatoms. The van der Waals surface area contributed by atoms with E-state index in [4.69, 9.17) is 16.3 Å². The summed E-state index contributed by atoms with van der Waals surface area (Å²) in [4.78, 5) is 10.2. The first-order chi connectivity index (χ1) is 7.56. The van der Waals surface area contributed by atoms with Crippen molar-refractivity contribution in [1.29, 1.82) is 0 Å². The second-order valence-electron chi connectivity index (χ2n) is 3.02. The number of hydrogen-bond acceptors (Lipinski definition) is 3. The van der Waals surface area contributed by atoms with Gasteiger partial charge in [-0.15, -0.1) is 11.6 Å². The number of nitro groups is 1. The minimum atomic E-state index is -0.496. The largest absolute Gasteiger partial charge is 0.481 e. The molecule has 0 atom stereocenters. The maximum Gasteiger partial charge on any atom is 0.312 e. The van der Waals surface area contributed by atoms with Gasteiger partial charge in [0.2, 0.25) is 5.75 Å². The minimum absolute atomic E-state index is 0.0863. The first kappa shape index (κ1) is 13.0. The fraction of sp³-hybridized carbons (Fsp3) is 0.200. The number of para-hydroxylation sites is 1. The van der Waals surface area contributed by atoms with Crippen molar-refractivity contribution in [2.75, 3.05) is 12.5 Å². The minimum Gasteiger partial charge on any atom is -0.481 e. The smallest absolute Gasteiger partial charge is 0.312 e. The predicted octanol–water partition coefficient (Wildman–Crippen LogP) is 3.53. The zero-order chi connectivity index (χ0) is 12.1. The number of ether oxygens (including phenoxy) is 1. The SMILES string of the molecule is C=C(CCl)COc1c(Br)cccc1[N+](=O)[O-]. The lowest BCUT2D eigenvalue weighted by atomic mass is 10.3. The molecule has 0 saturated carbocycles. The Balaban J connectivity index is 2.93. The van der Waals surface area contributed by atoms with Crippen LogP contribution in [0, 0.1) is 10.1 Å². The zero-order valence-corrected chi connectivity index (χ0v) is 10.6. The van der Waals surface area contributed by atoms with Gasteiger partial charge < -0.3 is 4.74 Å². The standard InChI is InChI=1S/C10H9BrClNO3/c1-7(5-12)6-16-10-8(11)3-2-4-9(10)13(14)15/h2-4H,1,5-6H2. The van der Waals surface area contributed by atoms with Crippen LogP contribution in [0.5, 0.6) is 5.75 Å².